The molecule has 1 atom stereocenters. The third-order valence-corrected chi connectivity index (χ3v) is 3.48. The molecule has 4 nitrogen and oxygen atoms in total. The first kappa shape index (κ1) is 16.6. The Kier molecular flexibility index (Phi) is 5.05. The zero-order chi connectivity index (χ0) is 17.0. The van der Waals surface area contributed by atoms with Crippen molar-refractivity contribution in [3.63, 3.8) is 0 Å². The number of hydrogen-bond acceptors (Lipinski definition) is 2. The molecule has 120 valence electrons. The van der Waals surface area contributed by atoms with Gasteiger partial charge in [-0.2, -0.15) is 0 Å². The van der Waals surface area contributed by atoms with Gasteiger partial charge in [-0.25, -0.2) is 13.6 Å². The van der Waals surface area contributed by atoms with Crippen LogP contribution in [0.4, 0.5) is 8.78 Å². The standard InChI is InChI=1S/C17H15F2NO3/c1-10-5-2-3-6-11(10)9-14(17(22)23)20-16(21)12-7-4-8-13(18)15(12)19/h2-8,14H,9H2,1H3,(H,20,21)(H,22,23)/t14-/m1/s1. The molecule has 23 heavy (non-hydrogen) atoms. The number of nitrogens with one attached hydrogen (secondary N) is 1. The van der Waals surface area contributed by atoms with E-state index in [2.05, 4.69) is 5.32 Å². The average Bonchev–Trinajstić information content (AvgIpc) is 2.51. The summed E-state index contributed by atoms with van der Waals surface area (Å²) in [4.78, 5) is 23.4. The van der Waals surface area contributed by atoms with Crippen molar-refractivity contribution in [1.82, 2.24) is 5.32 Å². The van der Waals surface area contributed by atoms with E-state index in [1.807, 2.05) is 19.1 Å². The number of carbonyl (C=O) groups excluding carboxylic acids is 1. The highest BCUT2D eigenvalue weighted by atomic mass is 19.2. The SMILES string of the molecule is Cc1ccccc1C[C@@H](NC(=O)c1cccc(F)c1F)C(=O)O. The van der Waals surface area contributed by atoms with Crippen molar-refractivity contribution in [3.05, 3.63) is 70.8 Å². The molecule has 0 radical (unpaired) electrons. The lowest BCUT2D eigenvalue weighted by Crippen LogP contribution is -2.42. The normalized spacial score (nSPS) is 11.8. The van der Waals surface area contributed by atoms with Gasteiger partial charge in [0, 0.05) is 6.42 Å². The maximum absolute atomic E-state index is 13.6. The molecule has 0 aliphatic heterocycles. The Bertz CT molecular complexity index is 746. The Balaban J connectivity index is 2.20. The Hall–Kier alpha value is -2.76. The molecule has 1 amide bonds. The number of halogens is 2. The second-order valence-electron chi connectivity index (χ2n) is 5.10. The van der Waals surface area contributed by atoms with E-state index in [4.69, 9.17) is 0 Å². The van der Waals surface area contributed by atoms with E-state index in [0.717, 1.165) is 23.3 Å². The highest BCUT2D eigenvalue weighted by Gasteiger charge is 2.24. The maximum atomic E-state index is 13.6. The number of amides is 1. The molecule has 0 unspecified atom stereocenters. The number of carboxylic acid groups (broad SMARTS) is 1. The van der Waals surface area contributed by atoms with Crippen LogP contribution in [0.3, 0.4) is 0 Å². The molecule has 0 saturated heterocycles. The fraction of sp³-hybridized carbons (Fsp3) is 0.176. The van der Waals surface area contributed by atoms with Crippen LogP contribution in [0.1, 0.15) is 21.5 Å². The predicted molar refractivity (Wildman–Crippen MR) is 80.1 cm³/mol. The third kappa shape index (κ3) is 3.91. The van der Waals surface area contributed by atoms with Crippen molar-refractivity contribution in [2.75, 3.05) is 0 Å². The first-order valence-corrected chi connectivity index (χ1v) is 6.92. The highest BCUT2D eigenvalue weighted by molar-refractivity contribution is 5.96. The molecule has 0 heterocycles. The van der Waals surface area contributed by atoms with Crippen LogP contribution < -0.4 is 5.32 Å². The van der Waals surface area contributed by atoms with E-state index in [1.165, 1.54) is 6.07 Å². The quantitative estimate of drug-likeness (QED) is 0.890. The number of aliphatic carboxylic acids is 1. The van der Waals surface area contributed by atoms with Gasteiger partial charge in [0.1, 0.15) is 6.04 Å². The van der Waals surface area contributed by atoms with Gasteiger partial charge in [0.05, 0.1) is 5.56 Å². The molecule has 0 aliphatic rings. The van der Waals surface area contributed by atoms with E-state index >= 15 is 0 Å². The number of carboxylic acids is 1. The minimum atomic E-state index is -1.30. The molecular weight excluding hydrogens is 304 g/mol. The van der Waals surface area contributed by atoms with Gasteiger partial charge in [0.2, 0.25) is 0 Å². The van der Waals surface area contributed by atoms with Crippen LogP contribution in [-0.4, -0.2) is 23.0 Å². The van der Waals surface area contributed by atoms with Gasteiger partial charge < -0.3 is 10.4 Å². The largest absolute Gasteiger partial charge is 0.480 e. The molecule has 2 N–H and O–H groups in total. The van der Waals surface area contributed by atoms with E-state index < -0.39 is 35.1 Å². The van der Waals surface area contributed by atoms with Crippen molar-refractivity contribution >= 4 is 11.9 Å². The van der Waals surface area contributed by atoms with Gasteiger partial charge >= 0.3 is 5.97 Å². The van der Waals surface area contributed by atoms with Crippen molar-refractivity contribution in [2.45, 2.75) is 19.4 Å². The van der Waals surface area contributed by atoms with Crippen LogP contribution in [0.5, 0.6) is 0 Å². The molecular formula is C17H15F2NO3. The summed E-state index contributed by atoms with van der Waals surface area (Å²) < 4.78 is 26.8. The zero-order valence-electron chi connectivity index (χ0n) is 12.3. The molecule has 2 aromatic carbocycles. The van der Waals surface area contributed by atoms with E-state index in [-0.39, 0.29) is 6.42 Å². The van der Waals surface area contributed by atoms with Crippen LogP contribution >= 0.6 is 0 Å². The van der Waals surface area contributed by atoms with Crippen LogP contribution in [-0.2, 0) is 11.2 Å². The van der Waals surface area contributed by atoms with Crippen LogP contribution in [0.25, 0.3) is 0 Å². The van der Waals surface area contributed by atoms with Gasteiger partial charge in [0.25, 0.3) is 5.91 Å². The number of aryl methyl sites for hydroxylation is 1. The van der Waals surface area contributed by atoms with E-state index in [9.17, 15) is 23.5 Å². The van der Waals surface area contributed by atoms with Crippen molar-refractivity contribution in [2.24, 2.45) is 0 Å². The van der Waals surface area contributed by atoms with Crippen molar-refractivity contribution in [3.8, 4) is 0 Å². The molecule has 2 rings (SSSR count). The molecule has 0 aliphatic carbocycles. The maximum Gasteiger partial charge on any atom is 0.326 e. The summed E-state index contributed by atoms with van der Waals surface area (Å²) in [5, 5.41) is 11.5. The summed E-state index contributed by atoms with van der Waals surface area (Å²) >= 11 is 0. The molecule has 0 aromatic heterocycles. The van der Waals surface area contributed by atoms with Crippen molar-refractivity contribution < 1.29 is 23.5 Å². The number of hydrogen-bond donors (Lipinski definition) is 2. The Morgan fingerprint density at radius 2 is 1.83 bits per heavy atom. The summed E-state index contributed by atoms with van der Waals surface area (Å²) in [6.07, 6.45) is 0.0463. The zero-order valence-corrected chi connectivity index (χ0v) is 12.3. The molecule has 2 aromatic rings. The van der Waals surface area contributed by atoms with Gasteiger partial charge in [0.15, 0.2) is 11.6 Å². The van der Waals surface area contributed by atoms with Crippen molar-refractivity contribution in [1.29, 1.82) is 0 Å². The van der Waals surface area contributed by atoms with Gasteiger partial charge in [-0.1, -0.05) is 30.3 Å². The second kappa shape index (κ2) is 7.00. The first-order valence-electron chi connectivity index (χ1n) is 6.92. The second-order valence-corrected chi connectivity index (χ2v) is 5.10. The Morgan fingerprint density at radius 3 is 2.48 bits per heavy atom. The van der Waals surface area contributed by atoms with Crippen LogP contribution in [0.15, 0.2) is 42.5 Å². The smallest absolute Gasteiger partial charge is 0.326 e. The fourth-order valence-electron chi connectivity index (χ4n) is 2.17. The van der Waals surface area contributed by atoms with Gasteiger partial charge in [-0.15, -0.1) is 0 Å². The third-order valence-electron chi connectivity index (χ3n) is 3.48. The van der Waals surface area contributed by atoms with Crippen LogP contribution in [0.2, 0.25) is 0 Å². The Morgan fingerprint density at radius 1 is 1.13 bits per heavy atom. The Labute approximate surface area is 131 Å². The van der Waals surface area contributed by atoms with E-state index in [0.29, 0.717) is 0 Å². The molecule has 0 bridgehead atoms. The lowest BCUT2D eigenvalue weighted by Gasteiger charge is -2.16. The summed E-state index contributed by atoms with van der Waals surface area (Å²) in [5.74, 6) is -4.69. The summed E-state index contributed by atoms with van der Waals surface area (Å²) in [5.41, 5.74) is 1.10. The molecule has 6 heteroatoms. The van der Waals surface area contributed by atoms with Gasteiger partial charge in [-0.3, -0.25) is 4.79 Å². The number of benzene rings is 2. The highest BCUT2D eigenvalue weighted by Crippen LogP contribution is 2.13. The molecule has 0 fully saturated rings. The summed E-state index contributed by atoms with van der Waals surface area (Å²) in [6, 6.07) is 9.07. The lowest BCUT2D eigenvalue weighted by atomic mass is 10.0. The first-order chi connectivity index (χ1) is 10.9. The average molecular weight is 319 g/mol. The summed E-state index contributed by atoms with van der Waals surface area (Å²) in [6.45, 7) is 1.82. The van der Waals surface area contributed by atoms with E-state index in [1.54, 1.807) is 12.1 Å². The predicted octanol–water partition coefficient (Wildman–Crippen LogP) is 2.70. The lowest BCUT2D eigenvalue weighted by molar-refractivity contribution is -0.139. The number of carbonyl (C=O) groups is 2. The fourth-order valence-corrected chi connectivity index (χ4v) is 2.17. The number of rotatable bonds is 5. The van der Waals surface area contributed by atoms with Crippen LogP contribution in [0, 0.1) is 18.6 Å². The van der Waals surface area contributed by atoms with Gasteiger partial charge in [-0.05, 0) is 30.2 Å². The molecule has 0 spiro atoms. The topological polar surface area (TPSA) is 66.4 Å². The summed E-state index contributed by atoms with van der Waals surface area (Å²) in [7, 11) is 0. The monoisotopic (exact) mass is 319 g/mol. The molecule has 0 saturated carbocycles. The minimum absolute atomic E-state index is 0.0463. The minimum Gasteiger partial charge on any atom is -0.480 e.